The molecule has 8 nitrogen and oxygen atoms in total. The van der Waals surface area contributed by atoms with Gasteiger partial charge in [0.1, 0.15) is 18.5 Å². The molecule has 1 fully saturated rings. The number of nitrogens with one attached hydrogen (secondary N) is 1. The first-order valence-corrected chi connectivity index (χ1v) is 12.4. The van der Waals surface area contributed by atoms with E-state index in [4.69, 9.17) is 4.74 Å². The number of aromatic nitrogens is 3. The fourth-order valence-electron chi connectivity index (χ4n) is 4.03. The molecule has 1 aliphatic heterocycles. The summed E-state index contributed by atoms with van der Waals surface area (Å²) < 4.78 is 45.1. The minimum atomic E-state index is -4.55. The van der Waals surface area contributed by atoms with Gasteiger partial charge in [-0.05, 0) is 38.3 Å². The molecule has 192 valence electrons. The van der Waals surface area contributed by atoms with E-state index in [9.17, 15) is 22.8 Å². The van der Waals surface area contributed by atoms with Crippen LogP contribution in [-0.2, 0) is 22.3 Å². The molecule has 0 bridgehead atoms. The predicted molar refractivity (Wildman–Crippen MR) is 128 cm³/mol. The van der Waals surface area contributed by atoms with Crippen LogP contribution in [0.15, 0.2) is 41.8 Å². The number of thiazole rings is 1. The van der Waals surface area contributed by atoms with Crippen molar-refractivity contribution in [3.8, 4) is 0 Å². The summed E-state index contributed by atoms with van der Waals surface area (Å²) in [6.45, 7) is 3.98. The molecular formula is C24H26F3N5O3S. The smallest absolute Gasteiger partial charge is 0.435 e. The van der Waals surface area contributed by atoms with Crippen LogP contribution in [0.4, 0.5) is 23.8 Å². The Morgan fingerprint density at radius 1 is 1.22 bits per heavy atom. The number of benzene rings is 1. The Balaban J connectivity index is 1.26. The highest BCUT2D eigenvalue weighted by molar-refractivity contribution is 7.10. The number of amides is 2. The third kappa shape index (κ3) is 6.23. The Hall–Kier alpha value is -3.41. The van der Waals surface area contributed by atoms with Crippen LogP contribution in [0.2, 0.25) is 0 Å². The maximum atomic E-state index is 12.9. The normalized spacial score (nSPS) is 15.5. The van der Waals surface area contributed by atoms with Crippen molar-refractivity contribution < 1.29 is 27.5 Å². The van der Waals surface area contributed by atoms with Gasteiger partial charge in [0.15, 0.2) is 5.69 Å². The van der Waals surface area contributed by atoms with Crippen molar-refractivity contribution in [3.05, 3.63) is 63.7 Å². The van der Waals surface area contributed by atoms with E-state index in [0.29, 0.717) is 31.7 Å². The molecule has 0 saturated carbocycles. The molecule has 3 aromatic rings. The van der Waals surface area contributed by atoms with Crippen molar-refractivity contribution in [2.75, 3.05) is 18.4 Å². The second kappa shape index (κ2) is 10.7. The van der Waals surface area contributed by atoms with Crippen LogP contribution in [0.1, 0.15) is 53.7 Å². The number of hydrogen-bond acceptors (Lipinski definition) is 6. The first kappa shape index (κ1) is 25.7. The van der Waals surface area contributed by atoms with E-state index < -0.39 is 24.1 Å². The average molecular weight is 522 g/mol. The third-order valence-electron chi connectivity index (χ3n) is 6.06. The monoisotopic (exact) mass is 521 g/mol. The standard InChI is InChI=1S/C24H26F3N5O3S/c1-15-12-19(24(25,26)27)30-32(15)13-21(33)31-10-8-18(9-11-31)22-28-20(14-36-22)29-23(34)35-16(2)17-6-4-3-5-7-17/h3-7,12,14,16,18H,8-11,13H2,1-2H3,(H,29,34). The van der Waals surface area contributed by atoms with Crippen molar-refractivity contribution in [3.63, 3.8) is 0 Å². The van der Waals surface area contributed by atoms with Crippen LogP contribution in [0.3, 0.4) is 0 Å². The number of aryl methyl sites for hydroxylation is 1. The van der Waals surface area contributed by atoms with Crippen LogP contribution in [0.25, 0.3) is 0 Å². The van der Waals surface area contributed by atoms with Gasteiger partial charge in [-0.2, -0.15) is 18.3 Å². The summed E-state index contributed by atoms with van der Waals surface area (Å²) in [7, 11) is 0. The quantitative estimate of drug-likeness (QED) is 0.470. The van der Waals surface area contributed by atoms with Gasteiger partial charge in [0.2, 0.25) is 5.91 Å². The summed E-state index contributed by atoms with van der Waals surface area (Å²) >= 11 is 1.43. The molecule has 0 spiro atoms. The van der Waals surface area contributed by atoms with Crippen molar-refractivity contribution >= 4 is 29.2 Å². The molecule has 36 heavy (non-hydrogen) atoms. The van der Waals surface area contributed by atoms with E-state index in [0.717, 1.165) is 21.3 Å². The zero-order chi connectivity index (χ0) is 25.9. The highest BCUT2D eigenvalue weighted by Crippen LogP contribution is 2.32. The van der Waals surface area contributed by atoms with Gasteiger partial charge in [0.25, 0.3) is 0 Å². The van der Waals surface area contributed by atoms with Gasteiger partial charge in [-0.25, -0.2) is 9.78 Å². The van der Waals surface area contributed by atoms with Crippen LogP contribution >= 0.6 is 11.3 Å². The Labute approximate surface area is 210 Å². The number of hydrogen-bond donors (Lipinski definition) is 1. The number of rotatable bonds is 6. The zero-order valence-electron chi connectivity index (χ0n) is 19.8. The molecule has 3 heterocycles. The van der Waals surface area contributed by atoms with Gasteiger partial charge in [-0.3, -0.25) is 14.8 Å². The molecule has 2 amide bonds. The summed E-state index contributed by atoms with van der Waals surface area (Å²) in [6, 6.07) is 10.3. The number of carbonyl (C=O) groups is 2. The molecule has 2 aromatic heterocycles. The molecule has 1 atom stereocenters. The molecule has 0 aliphatic carbocycles. The van der Waals surface area contributed by atoms with E-state index >= 15 is 0 Å². The van der Waals surface area contributed by atoms with Gasteiger partial charge in [-0.1, -0.05) is 30.3 Å². The van der Waals surface area contributed by atoms with Crippen molar-refractivity contribution in [2.24, 2.45) is 0 Å². The highest BCUT2D eigenvalue weighted by Gasteiger charge is 2.35. The maximum absolute atomic E-state index is 12.9. The predicted octanol–water partition coefficient (Wildman–Crippen LogP) is 5.38. The Morgan fingerprint density at radius 3 is 2.56 bits per heavy atom. The second-order valence-corrected chi connectivity index (χ2v) is 9.53. The lowest BCUT2D eigenvalue weighted by Crippen LogP contribution is -2.40. The molecule has 12 heteroatoms. The van der Waals surface area contributed by atoms with Gasteiger partial charge >= 0.3 is 12.3 Å². The van der Waals surface area contributed by atoms with Crippen molar-refractivity contribution in [2.45, 2.75) is 51.4 Å². The van der Waals surface area contributed by atoms with Gasteiger partial charge < -0.3 is 9.64 Å². The number of halogens is 3. The molecule has 4 rings (SSSR count). The summed E-state index contributed by atoms with van der Waals surface area (Å²) in [5.41, 5.74) is 0.166. The first-order valence-electron chi connectivity index (χ1n) is 11.5. The van der Waals surface area contributed by atoms with E-state index in [1.165, 1.54) is 18.3 Å². The van der Waals surface area contributed by atoms with E-state index in [-0.39, 0.29) is 24.1 Å². The number of carbonyl (C=O) groups excluding carboxylic acids is 2. The fourth-order valence-corrected chi connectivity index (χ4v) is 4.96. The maximum Gasteiger partial charge on any atom is 0.435 e. The van der Waals surface area contributed by atoms with Crippen LogP contribution in [0.5, 0.6) is 0 Å². The molecule has 1 aliphatic rings. The molecule has 1 unspecified atom stereocenters. The largest absolute Gasteiger partial charge is 0.441 e. The minimum Gasteiger partial charge on any atom is -0.441 e. The Kier molecular flexibility index (Phi) is 7.62. The average Bonchev–Trinajstić information content (AvgIpc) is 3.46. The summed E-state index contributed by atoms with van der Waals surface area (Å²) in [5, 5.41) is 8.79. The first-order chi connectivity index (χ1) is 17.1. The number of ether oxygens (including phenoxy) is 1. The minimum absolute atomic E-state index is 0.122. The molecule has 1 N–H and O–H groups in total. The topological polar surface area (TPSA) is 89.4 Å². The van der Waals surface area contributed by atoms with Crippen LogP contribution in [-0.4, -0.2) is 44.8 Å². The molecule has 0 radical (unpaired) electrons. The lowest BCUT2D eigenvalue weighted by atomic mass is 9.97. The van der Waals surface area contributed by atoms with E-state index in [2.05, 4.69) is 15.4 Å². The fraction of sp³-hybridized carbons (Fsp3) is 0.417. The van der Waals surface area contributed by atoms with Gasteiger partial charge in [0.05, 0.1) is 5.01 Å². The molecular weight excluding hydrogens is 495 g/mol. The summed E-state index contributed by atoms with van der Waals surface area (Å²) in [4.78, 5) is 31.0. The highest BCUT2D eigenvalue weighted by atomic mass is 32.1. The second-order valence-electron chi connectivity index (χ2n) is 8.64. The van der Waals surface area contributed by atoms with E-state index in [1.54, 1.807) is 17.2 Å². The summed E-state index contributed by atoms with van der Waals surface area (Å²) in [6.07, 6.45) is -4.21. The van der Waals surface area contributed by atoms with Crippen molar-refractivity contribution in [1.29, 1.82) is 0 Å². The zero-order valence-corrected chi connectivity index (χ0v) is 20.6. The lowest BCUT2D eigenvalue weighted by molar-refractivity contribution is -0.142. The van der Waals surface area contributed by atoms with Crippen molar-refractivity contribution in [1.82, 2.24) is 19.7 Å². The van der Waals surface area contributed by atoms with Gasteiger partial charge in [-0.15, -0.1) is 11.3 Å². The Morgan fingerprint density at radius 2 is 1.92 bits per heavy atom. The number of anilines is 1. The molecule has 1 saturated heterocycles. The number of piperidine rings is 1. The summed E-state index contributed by atoms with van der Waals surface area (Å²) in [5.74, 6) is 0.260. The number of nitrogens with zero attached hydrogens (tertiary/aromatic N) is 4. The van der Waals surface area contributed by atoms with Crippen LogP contribution < -0.4 is 5.32 Å². The number of likely N-dealkylation sites (tertiary alicyclic amines) is 1. The van der Waals surface area contributed by atoms with E-state index in [1.807, 2.05) is 30.3 Å². The number of alkyl halides is 3. The SMILES string of the molecule is Cc1cc(C(F)(F)F)nn1CC(=O)N1CCC(c2nc(NC(=O)OC(C)c3ccccc3)cs2)CC1. The van der Waals surface area contributed by atoms with Gasteiger partial charge in [0, 0.05) is 30.1 Å². The third-order valence-corrected chi connectivity index (χ3v) is 7.07. The van der Waals surface area contributed by atoms with Crippen LogP contribution in [0, 0.1) is 6.92 Å². The molecule has 1 aromatic carbocycles. The lowest BCUT2D eigenvalue weighted by Gasteiger charge is -2.31. The Bertz CT molecular complexity index is 1200.